The lowest BCUT2D eigenvalue weighted by molar-refractivity contribution is -0.137. The Labute approximate surface area is 96.5 Å². The molecular formula is C11H10ClFO3. The zero-order chi connectivity index (χ0) is 11.9. The Morgan fingerprint density at radius 1 is 1.50 bits per heavy atom. The molecule has 0 atom stereocenters. The lowest BCUT2D eigenvalue weighted by Crippen LogP contribution is -2.15. The number of carbonyl (C=O) groups is 1. The number of hydrogen-bond acceptors (Lipinski definition) is 2. The molecule has 16 heavy (non-hydrogen) atoms. The number of carboxylic acid groups (broad SMARTS) is 1. The van der Waals surface area contributed by atoms with Crippen molar-refractivity contribution in [2.75, 3.05) is 0 Å². The summed E-state index contributed by atoms with van der Waals surface area (Å²) in [6.45, 7) is 0. The fourth-order valence-electron chi connectivity index (χ4n) is 2.00. The highest BCUT2D eigenvalue weighted by Gasteiger charge is 2.49. The SMILES string of the molecule is O=C(O)CC1(c2c(O)ccc(Cl)c2F)CC1. The normalized spacial score (nSPS) is 17.1. The first kappa shape index (κ1) is 11.2. The molecule has 1 fully saturated rings. The lowest BCUT2D eigenvalue weighted by Gasteiger charge is -2.16. The van der Waals surface area contributed by atoms with E-state index < -0.39 is 17.2 Å². The van der Waals surface area contributed by atoms with Crippen LogP contribution in [0.3, 0.4) is 0 Å². The van der Waals surface area contributed by atoms with Gasteiger partial charge in [-0.3, -0.25) is 4.79 Å². The van der Waals surface area contributed by atoms with Crippen LogP contribution in [-0.2, 0) is 10.2 Å². The first-order valence-electron chi connectivity index (χ1n) is 4.85. The van der Waals surface area contributed by atoms with Crippen LogP contribution < -0.4 is 0 Å². The Morgan fingerprint density at radius 3 is 2.62 bits per heavy atom. The second kappa shape index (κ2) is 3.63. The lowest BCUT2D eigenvalue weighted by atomic mass is 9.91. The van der Waals surface area contributed by atoms with Crippen LogP contribution in [0.5, 0.6) is 5.75 Å². The maximum absolute atomic E-state index is 13.8. The number of carboxylic acids is 1. The summed E-state index contributed by atoms with van der Waals surface area (Å²) < 4.78 is 13.8. The molecule has 1 aliphatic rings. The maximum atomic E-state index is 13.8. The third-order valence-corrected chi connectivity index (χ3v) is 3.24. The Bertz CT molecular complexity index is 455. The maximum Gasteiger partial charge on any atom is 0.304 e. The summed E-state index contributed by atoms with van der Waals surface area (Å²) in [5, 5.41) is 18.3. The number of aliphatic carboxylic acids is 1. The van der Waals surface area contributed by atoms with E-state index >= 15 is 0 Å². The minimum atomic E-state index is -1.00. The van der Waals surface area contributed by atoms with Gasteiger partial charge >= 0.3 is 5.97 Å². The van der Waals surface area contributed by atoms with Gasteiger partial charge in [0.25, 0.3) is 0 Å². The van der Waals surface area contributed by atoms with Gasteiger partial charge in [0.1, 0.15) is 11.6 Å². The Kier molecular flexibility index (Phi) is 2.54. The number of phenolic OH excluding ortho intramolecular Hbond substituents is 1. The van der Waals surface area contributed by atoms with Gasteiger partial charge in [0, 0.05) is 11.0 Å². The van der Waals surface area contributed by atoms with Crippen LogP contribution in [0.4, 0.5) is 4.39 Å². The molecule has 0 aromatic heterocycles. The molecule has 5 heteroatoms. The first-order chi connectivity index (χ1) is 7.46. The molecule has 3 nitrogen and oxygen atoms in total. The van der Waals surface area contributed by atoms with E-state index in [1.807, 2.05) is 0 Å². The van der Waals surface area contributed by atoms with Crippen molar-refractivity contribution in [2.45, 2.75) is 24.7 Å². The quantitative estimate of drug-likeness (QED) is 0.860. The van der Waals surface area contributed by atoms with Gasteiger partial charge in [-0.1, -0.05) is 11.6 Å². The van der Waals surface area contributed by atoms with Crippen molar-refractivity contribution >= 4 is 17.6 Å². The third kappa shape index (κ3) is 1.73. The molecule has 0 amide bonds. The van der Waals surface area contributed by atoms with E-state index in [4.69, 9.17) is 16.7 Å². The van der Waals surface area contributed by atoms with Crippen LogP contribution >= 0.6 is 11.6 Å². The predicted molar refractivity (Wildman–Crippen MR) is 56.2 cm³/mol. The number of halogens is 2. The van der Waals surface area contributed by atoms with Crippen molar-refractivity contribution in [1.82, 2.24) is 0 Å². The molecular weight excluding hydrogens is 235 g/mol. The molecule has 0 unspecified atom stereocenters. The van der Waals surface area contributed by atoms with Gasteiger partial charge in [0.05, 0.1) is 11.4 Å². The predicted octanol–water partition coefficient (Wildman–Crippen LogP) is 2.69. The van der Waals surface area contributed by atoms with Crippen molar-refractivity contribution < 1.29 is 19.4 Å². The molecule has 0 spiro atoms. The second-order valence-electron chi connectivity index (χ2n) is 4.11. The summed E-state index contributed by atoms with van der Waals surface area (Å²) in [6, 6.07) is 2.55. The third-order valence-electron chi connectivity index (χ3n) is 2.95. The standard InChI is InChI=1S/C11H10ClFO3/c12-6-1-2-7(14)9(10(6)13)11(3-4-11)5-8(15)16/h1-2,14H,3-5H2,(H,15,16). The van der Waals surface area contributed by atoms with Gasteiger partial charge in [-0.2, -0.15) is 0 Å². The molecule has 1 aromatic carbocycles. The number of aromatic hydroxyl groups is 1. The highest BCUT2D eigenvalue weighted by Crippen LogP contribution is 2.55. The fraction of sp³-hybridized carbons (Fsp3) is 0.364. The molecule has 0 bridgehead atoms. The van der Waals surface area contributed by atoms with Crippen molar-refractivity contribution in [3.05, 3.63) is 28.5 Å². The summed E-state index contributed by atoms with van der Waals surface area (Å²) in [7, 11) is 0. The molecule has 0 heterocycles. The largest absolute Gasteiger partial charge is 0.508 e. The number of rotatable bonds is 3. The van der Waals surface area contributed by atoms with Crippen molar-refractivity contribution in [3.8, 4) is 5.75 Å². The molecule has 2 rings (SSSR count). The summed E-state index contributed by atoms with van der Waals surface area (Å²) in [5.74, 6) is -1.93. The van der Waals surface area contributed by atoms with Gasteiger partial charge in [-0.25, -0.2) is 4.39 Å². The van der Waals surface area contributed by atoms with E-state index in [0.29, 0.717) is 12.8 Å². The van der Waals surface area contributed by atoms with Crippen LogP contribution in [-0.4, -0.2) is 16.2 Å². The molecule has 1 saturated carbocycles. The number of phenols is 1. The number of benzene rings is 1. The number of hydrogen-bond donors (Lipinski definition) is 2. The van der Waals surface area contributed by atoms with E-state index in [1.165, 1.54) is 12.1 Å². The van der Waals surface area contributed by atoms with Crippen LogP contribution in [0.15, 0.2) is 12.1 Å². The Hall–Kier alpha value is -1.29. The van der Waals surface area contributed by atoms with Gasteiger partial charge in [-0.15, -0.1) is 0 Å². The van der Waals surface area contributed by atoms with Gasteiger partial charge in [0.2, 0.25) is 0 Å². The monoisotopic (exact) mass is 244 g/mol. The highest BCUT2D eigenvalue weighted by atomic mass is 35.5. The topological polar surface area (TPSA) is 57.5 Å². The highest BCUT2D eigenvalue weighted by molar-refractivity contribution is 6.30. The molecule has 86 valence electrons. The molecule has 1 aromatic rings. The van der Waals surface area contributed by atoms with Gasteiger partial charge in [0.15, 0.2) is 0 Å². The second-order valence-corrected chi connectivity index (χ2v) is 4.51. The summed E-state index contributed by atoms with van der Waals surface area (Å²) in [4.78, 5) is 10.7. The van der Waals surface area contributed by atoms with Crippen LogP contribution in [0, 0.1) is 5.82 Å². The Balaban J connectivity index is 2.48. The van der Waals surface area contributed by atoms with Crippen LogP contribution in [0.1, 0.15) is 24.8 Å². The van der Waals surface area contributed by atoms with E-state index in [0.717, 1.165) is 0 Å². The summed E-state index contributed by atoms with van der Waals surface area (Å²) >= 11 is 5.62. The fourth-order valence-corrected chi connectivity index (χ4v) is 2.16. The zero-order valence-electron chi connectivity index (χ0n) is 8.33. The smallest absolute Gasteiger partial charge is 0.304 e. The van der Waals surface area contributed by atoms with E-state index in [2.05, 4.69) is 0 Å². The minimum Gasteiger partial charge on any atom is -0.508 e. The Morgan fingerprint density at radius 2 is 2.12 bits per heavy atom. The summed E-state index contributed by atoms with van der Waals surface area (Å²) in [5.41, 5.74) is -0.729. The van der Waals surface area contributed by atoms with Crippen LogP contribution in [0.25, 0.3) is 0 Å². The average molecular weight is 245 g/mol. The van der Waals surface area contributed by atoms with E-state index in [1.54, 1.807) is 0 Å². The van der Waals surface area contributed by atoms with Crippen LogP contribution in [0.2, 0.25) is 5.02 Å². The minimum absolute atomic E-state index is 0.0439. The van der Waals surface area contributed by atoms with Crippen molar-refractivity contribution in [2.24, 2.45) is 0 Å². The molecule has 0 aliphatic heterocycles. The molecule has 0 radical (unpaired) electrons. The first-order valence-corrected chi connectivity index (χ1v) is 5.23. The molecule has 1 aliphatic carbocycles. The van der Waals surface area contributed by atoms with Crippen molar-refractivity contribution in [1.29, 1.82) is 0 Å². The molecule has 2 N–H and O–H groups in total. The summed E-state index contributed by atoms with van der Waals surface area (Å²) in [6.07, 6.45) is 0.937. The van der Waals surface area contributed by atoms with Crippen molar-refractivity contribution in [3.63, 3.8) is 0 Å². The average Bonchev–Trinajstić information content (AvgIpc) is 2.92. The molecule has 0 saturated heterocycles. The van der Waals surface area contributed by atoms with E-state index in [-0.39, 0.29) is 22.8 Å². The van der Waals surface area contributed by atoms with Gasteiger partial charge in [-0.05, 0) is 25.0 Å². The van der Waals surface area contributed by atoms with Gasteiger partial charge < -0.3 is 10.2 Å². The zero-order valence-corrected chi connectivity index (χ0v) is 9.09. The van der Waals surface area contributed by atoms with E-state index in [9.17, 15) is 14.3 Å².